The van der Waals surface area contributed by atoms with Gasteiger partial charge in [-0.25, -0.2) is 4.79 Å². The SMILES string of the molecule is Cc1cc(C)c2nnc(C(=O)O)n2c1. The number of carbonyl (C=O) groups is 1. The molecule has 0 saturated heterocycles. The average Bonchev–Trinajstić information content (AvgIpc) is 2.47. The van der Waals surface area contributed by atoms with Gasteiger partial charge in [-0.3, -0.25) is 4.40 Å². The number of aromatic nitrogens is 3. The molecule has 5 heteroatoms. The summed E-state index contributed by atoms with van der Waals surface area (Å²) >= 11 is 0. The molecule has 2 heterocycles. The number of fused-ring (bicyclic) bond motifs is 1. The van der Waals surface area contributed by atoms with Crippen LogP contribution in [0.15, 0.2) is 12.3 Å². The molecule has 0 amide bonds. The summed E-state index contributed by atoms with van der Waals surface area (Å²) in [6, 6.07) is 1.94. The minimum atomic E-state index is -1.07. The molecule has 0 fully saturated rings. The Bertz CT molecular complexity index is 516. The van der Waals surface area contributed by atoms with Crippen LogP contribution in [-0.4, -0.2) is 25.7 Å². The normalized spacial score (nSPS) is 10.7. The highest BCUT2D eigenvalue weighted by atomic mass is 16.4. The maximum Gasteiger partial charge on any atom is 0.374 e. The first-order valence-electron chi connectivity index (χ1n) is 4.15. The van der Waals surface area contributed by atoms with Gasteiger partial charge in [0.2, 0.25) is 5.82 Å². The Labute approximate surface area is 80.0 Å². The van der Waals surface area contributed by atoms with E-state index in [4.69, 9.17) is 5.11 Å². The Balaban J connectivity index is 2.85. The molecule has 0 aliphatic heterocycles. The van der Waals surface area contributed by atoms with Crippen LogP contribution in [0.5, 0.6) is 0 Å². The molecule has 0 spiro atoms. The van der Waals surface area contributed by atoms with Crippen molar-refractivity contribution in [3.05, 3.63) is 29.2 Å². The number of carboxylic acid groups (broad SMARTS) is 1. The van der Waals surface area contributed by atoms with Crippen LogP contribution in [0, 0.1) is 13.8 Å². The van der Waals surface area contributed by atoms with Crippen molar-refractivity contribution in [3.8, 4) is 0 Å². The van der Waals surface area contributed by atoms with E-state index in [1.54, 1.807) is 6.20 Å². The van der Waals surface area contributed by atoms with Crippen molar-refractivity contribution in [2.75, 3.05) is 0 Å². The fourth-order valence-corrected chi connectivity index (χ4v) is 1.48. The van der Waals surface area contributed by atoms with Gasteiger partial charge in [-0.1, -0.05) is 6.07 Å². The van der Waals surface area contributed by atoms with Crippen molar-refractivity contribution in [1.82, 2.24) is 14.6 Å². The van der Waals surface area contributed by atoms with E-state index in [-0.39, 0.29) is 5.82 Å². The van der Waals surface area contributed by atoms with E-state index in [9.17, 15) is 4.79 Å². The van der Waals surface area contributed by atoms with E-state index in [1.807, 2.05) is 19.9 Å². The van der Waals surface area contributed by atoms with E-state index in [0.29, 0.717) is 5.65 Å². The highest BCUT2D eigenvalue weighted by molar-refractivity contribution is 5.84. The topological polar surface area (TPSA) is 67.5 Å². The molecule has 0 saturated carbocycles. The van der Waals surface area contributed by atoms with Crippen molar-refractivity contribution >= 4 is 11.6 Å². The number of pyridine rings is 1. The summed E-state index contributed by atoms with van der Waals surface area (Å²) < 4.78 is 1.49. The predicted octanol–water partition coefficient (Wildman–Crippen LogP) is 1.04. The van der Waals surface area contributed by atoms with E-state index in [2.05, 4.69) is 10.2 Å². The standard InChI is InChI=1S/C9H9N3O2/c1-5-3-6(2)7-10-11-8(9(13)14)12(7)4-5/h3-4H,1-2H3,(H,13,14). The Morgan fingerprint density at radius 3 is 2.79 bits per heavy atom. The molecule has 0 aliphatic rings. The monoisotopic (exact) mass is 191 g/mol. The fraction of sp³-hybridized carbons (Fsp3) is 0.222. The van der Waals surface area contributed by atoms with E-state index in [0.717, 1.165) is 11.1 Å². The Morgan fingerprint density at radius 1 is 1.43 bits per heavy atom. The van der Waals surface area contributed by atoms with Gasteiger partial charge < -0.3 is 5.11 Å². The van der Waals surface area contributed by atoms with Crippen molar-refractivity contribution in [2.24, 2.45) is 0 Å². The van der Waals surface area contributed by atoms with Crippen LogP contribution in [0.4, 0.5) is 0 Å². The molecule has 2 aromatic rings. The number of aryl methyl sites for hydroxylation is 2. The van der Waals surface area contributed by atoms with Gasteiger partial charge >= 0.3 is 5.97 Å². The van der Waals surface area contributed by atoms with Crippen LogP contribution in [0.1, 0.15) is 21.7 Å². The fourth-order valence-electron chi connectivity index (χ4n) is 1.48. The zero-order valence-electron chi connectivity index (χ0n) is 7.85. The van der Waals surface area contributed by atoms with Crippen LogP contribution in [0.25, 0.3) is 5.65 Å². The molecule has 0 aliphatic carbocycles. The molecule has 1 N–H and O–H groups in total. The second-order valence-corrected chi connectivity index (χ2v) is 3.22. The number of nitrogens with zero attached hydrogens (tertiary/aromatic N) is 3. The molecule has 72 valence electrons. The van der Waals surface area contributed by atoms with E-state index < -0.39 is 5.97 Å². The molecule has 0 radical (unpaired) electrons. The first-order valence-corrected chi connectivity index (χ1v) is 4.15. The van der Waals surface area contributed by atoms with Crippen LogP contribution < -0.4 is 0 Å². The maximum atomic E-state index is 10.8. The van der Waals surface area contributed by atoms with Gasteiger partial charge in [-0.15, -0.1) is 10.2 Å². The van der Waals surface area contributed by atoms with Crippen LogP contribution >= 0.6 is 0 Å². The van der Waals surface area contributed by atoms with Gasteiger partial charge in [-0.05, 0) is 25.0 Å². The molecule has 14 heavy (non-hydrogen) atoms. The van der Waals surface area contributed by atoms with E-state index in [1.165, 1.54) is 4.40 Å². The van der Waals surface area contributed by atoms with Crippen molar-refractivity contribution in [3.63, 3.8) is 0 Å². The molecule has 0 bridgehead atoms. The molecular weight excluding hydrogens is 182 g/mol. The van der Waals surface area contributed by atoms with Crippen molar-refractivity contribution < 1.29 is 9.90 Å². The molecule has 0 aromatic carbocycles. The summed E-state index contributed by atoms with van der Waals surface area (Å²) in [7, 11) is 0. The smallest absolute Gasteiger partial charge is 0.374 e. The highest BCUT2D eigenvalue weighted by Crippen LogP contribution is 2.11. The molecule has 2 aromatic heterocycles. The van der Waals surface area contributed by atoms with Gasteiger partial charge in [0, 0.05) is 6.20 Å². The molecule has 5 nitrogen and oxygen atoms in total. The first-order chi connectivity index (χ1) is 6.59. The number of rotatable bonds is 1. The second kappa shape index (κ2) is 2.80. The third kappa shape index (κ3) is 1.14. The van der Waals surface area contributed by atoms with Gasteiger partial charge in [0.05, 0.1) is 0 Å². The highest BCUT2D eigenvalue weighted by Gasteiger charge is 2.13. The lowest BCUT2D eigenvalue weighted by atomic mass is 10.2. The van der Waals surface area contributed by atoms with Gasteiger partial charge in [0.15, 0.2) is 5.65 Å². The van der Waals surface area contributed by atoms with Crippen molar-refractivity contribution in [2.45, 2.75) is 13.8 Å². The van der Waals surface area contributed by atoms with Crippen LogP contribution in [-0.2, 0) is 0 Å². The zero-order valence-corrected chi connectivity index (χ0v) is 7.85. The lowest BCUT2D eigenvalue weighted by Crippen LogP contribution is -2.04. The lowest BCUT2D eigenvalue weighted by molar-refractivity contribution is 0.0682. The van der Waals surface area contributed by atoms with Gasteiger partial charge in [-0.2, -0.15) is 0 Å². The molecular formula is C9H9N3O2. The Kier molecular flexibility index (Phi) is 1.73. The average molecular weight is 191 g/mol. The first kappa shape index (κ1) is 8.68. The summed E-state index contributed by atoms with van der Waals surface area (Å²) in [4.78, 5) is 10.8. The quantitative estimate of drug-likeness (QED) is 0.731. The molecule has 2 rings (SSSR count). The summed E-state index contributed by atoms with van der Waals surface area (Å²) in [5.74, 6) is -1.12. The summed E-state index contributed by atoms with van der Waals surface area (Å²) in [5.41, 5.74) is 2.50. The number of aromatic carboxylic acids is 1. The molecule has 0 unspecified atom stereocenters. The predicted molar refractivity (Wildman–Crippen MR) is 49.4 cm³/mol. The maximum absolute atomic E-state index is 10.8. The Morgan fingerprint density at radius 2 is 2.14 bits per heavy atom. The minimum Gasteiger partial charge on any atom is -0.475 e. The van der Waals surface area contributed by atoms with E-state index >= 15 is 0 Å². The zero-order chi connectivity index (χ0) is 10.3. The number of carboxylic acids is 1. The van der Waals surface area contributed by atoms with Crippen molar-refractivity contribution in [1.29, 1.82) is 0 Å². The number of hydrogen-bond acceptors (Lipinski definition) is 3. The van der Waals surface area contributed by atoms with Crippen LogP contribution in [0.2, 0.25) is 0 Å². The number of hydrogen-bond donors (Lipinski definition) is 1. The summed E-state index contributed by atoms with van der Waals surface area (Å²) in [6.07, 6.45) is 1.71. The lowest BCUT2D eigenvalue weighted by Gasteiger charge is -2.00. The molecule has 0 atom stereocenters. The van der Waals surface area contributed by atoms with Gasteiger partial charge in [0.1, 0.15) is 0 Å². The van der Waals surface area contributed by atoms with Gasteiger partial charge in [0.25, 0.3) is 0 Å². The summed E-state index contributed by atoms with van der Waals surface area (Å²) in [5, 5.41) is 16.3. The Hall–Kier alpha value is -1.91. The third-order valence-corrected chi connectivity index (χ3v) is 2.02. The second-order valence-electron chi connectivity index (χ2n) is 3.22. The largest absolute Gasteiger partial charge is 0.475 e. The third-order valence-electron chi connectivity index (χ3n) is 2.02. The van der Waals surface area contributed by atoms with Crippen LogP contribution in [0.3, 0.4) is 0 Å². The minimum absolute atomic E-state index is 0.0493. The summed E-state index contributed by atoms with van der Waals surface area (Å²) in [6.45, 7) is 3.78.